The molecule has 0 saturated carbocycles. The van der Waals surface area contributed by atoms with Crippen molar-refractivity contribution in [1.82, 2.24) is 5.32 Å². The minimum Gasteiger partial charge on any atom is -0.487 e. The van der Waals surface area contributed by atoms with Crippen molar-refractivity contribution >= 4 is 5.91 Å². The predicted octanol–water partition coefficient (Wildman–Crippen LogP) is 1.16. The zero-order chi connectivity index (χ0) is 14.8. The summed E-state index contributed by atoms with van der Waals surface area (Å²) < 4.78 is 11.0. The Hall–Kier alpha value is -1.59. The van der Waals surface area contributed by atoms with Gasteiger partial charge < -0.3 is 15.2 Å². The second-order valence-electron chi connectivity index (χ2n) is 5.72. The number of amides is 1. The topological polar surface area (TPSA) is 73.6 Å². The molecule has 5 heteroatoms. The van der Waals surface area contributed by atoms with Crippen LogP contribution in [0, 0.1) is 0 Å². The van der Waals surface area contributed by atoms with Crippen LogP contribution in [0.3, 0.4) is 0 Å². The number of primary amides is 1. The molecular weight excluding hydrogens is 256 g/mol. The Morgan fingerprint density at radius 3 is 2.80 bits per heavy atom. The second kappa shape index (κ2) is 5.42. The number of para-hydroxylation sites is 1. The summed E-state index contributed by atoms with van der Waals surface area (Å²) in [7, 11) is 1.63. The van der Waals surface area contributed by atoms with E-state index in [4.69, 9.17) is 15.2 Å². The van der Waals surface area contributed by atoms with Crippen molar-refractivity contribution in [2.45, 2.75) is 31.4 Å². The van der Waals surface area contributed by atoms with Gasteiger partial charge in [-0.05, 0) is 19.9 Å². The third kappa shape index (κ3) is 2.64. The molecule has 0 spiro atoms. The number of hydrogen-bond donors (Lipinski definition) is 2. The van der Waals surface area contributed by atoms with E-state index in [2.05, 4.69) is 5.32 Å². The smallest absolute Gasteiger partial charge is 0.242 e. The molecule has 0 saturated heterocycles. The van der Waals surface area contributed by atoms with Crippen LogP contribution >= 0.6 is 0 Å². The average Bonchev–Trinajstić information content (AvgIpc) is 2.37. The van der Waals surface area contributed by atoms with Gasteiger partial charge in [-0.15, -0.1) is 0 Å². The third-order valence-electron chi connectivity index (χ3n) is 3.58. The van der Waals surface area contributed by atoms with E-state index in [1.165, 1.54) is 0 Å². The molecule has 1 atom stereocenters. The highest BCUT2D eigenvalue weighted by Crippen LogP contribution is 2.43. The predicted molar refractivity (Wildman–Crippen MR) is 76.5 cm³/mol. The molecule has 1 aliphatic rings. The van der Waals surface area contributed by atoms with E-state index >= 15 is 0 Å². The van der Waals surface area contributed by atoms with E-state index in [0.717, 1.165) is 5.56 Å². The number of hydrogen-bond acceptors (Lipinski definition) is 4. The number of carbonyl (C=O) groups is 1. The molecule has 20 heavy (non-hydrogen) atoms. The maximum atomic E-state index is 12.2. The van der Waals surface area contributed by atoms with Crippen LogP contribution < -0.4 is 15.8 Å². The molecule has 2 rings (SSSR count). The molecule has 1 aromatic rings. The molecule has 110 valence electrons. The van der Waals surface area contributed by atoms with Gasteiger partial charge in [0.15, 0.2) is 0 Å². The number of carbonyl (C=O) groups excluding carboxylic acids is 1. The third-order valence-corrected chi connectivity index (χ3v) is 3.58. The van der Waals surface area contributed by atoms with Crippen LogP contribution in [0.5, 0.6) is 5.75 Å². The molecule has 1 aliphatic heterocycles. The van der Waals surface area contributed by atoms with E-state index < -0.39 is 17.0 Å². The largest absolute Gasteiger partial charge is 0.487 e. The fraction of sp³-hybridized carbons (Fsp3) is 0.533. The Morgan fingerprint density at radius 1 is 1.45 bits per heavy atom. The molecule has 0 fully saturated rings. The van der Waals surface area contributed by atoms with E-state index in [1.54, 1.807) is 7.11 Å². The Kier molecular flexibility index (Phi) is 4.01. The van der Waals surface area contributed by atoms with Crippen LogP contribution in [0.2, 0.25) is 0 Å². The molecule has 3 N–H and O–H groups in total. The maximum absolute atomic E-state index is 12.2. The van der Waals surface area contributed by atoms with Gasteiger partial charge in [-0.1, -0.05) is 18.2 Å². The van der Waals surface area contributed by atoms with E-state index in [0.29, 0.717) is 25.3 Å². The lowest BCUT2D eigenvalue weighted by Gasteiger charge is -2.44. The first-order chi connectivity index (χ1) is 9.41. The molecule has 0 aliphatic carbocycles. The van der Waals surface area contributed by atoms with Gasteiger partial charge in [0.2, 0.25) is 5.91 Å². The second-order valence-corrected chi connectivity index (χ2v) is 5.72. The van der Waals surface area contributed by atoms with E-state index in [1.807, 2.05) is 38.1 Å². The van der Waals surface area contributed by atoms with Gasteiger partial charge in [0, 0.05) is 25.6 Å². The molecule has 0 aromatic heterocycles. The minimum atomic E-state index is -0.920. The Bertz CT molecular complexity index is 502. The van der Waals surface area contributed by atoms with Crippen LogP contribution in [0.15, 0.2) is 24.3 Å². The van der Waals surface area contributed by atoms with E-state index in [-0.39, 0.29) is 0 Å². The zero-order valence-corrected chi connectivity index (χ0v) is 12.2. The van der Waals surface area contributed by atoms with Crippen LogP contribution in [0.1, 0.15) is 25.8 Å². The fourth-order valence-electron chi connectivity index (χ4n) is 2.81. The van der Waals surface area contributed by atoms with Crippen LogP contribution in [-0.4, -0.2) is 31.8 Å². The summed E-state index contributed by atoms with van der Waals surface area (Å²) >= 11 is 0. The van der Waals surface area contributed by atoms with E-state index in [9.17, 15) is 4.79 Å². The molecule has 1 heterocycles. The van der Waals surface area contributed by atoms with Gasteiger partial charge in [-0.2, -0.15) is 0 Å². The number of fused-ring (bicyclic) bond motifs is 1. The molecule has 1 amide bonds. The summed E-state index contributed by atoms with van der Waals surface area (Å²) in [6, 6.07) is 7.53. The van der Waals surface area contributed by atoms with Crippen molar-refractivity contribution in [2.24, 2.45) is 5.73 Å². The van der Waals surface area contributed by atoms with Crippen molar-refractivity contribution in [2.75, 3.05) is 20.3 Å². The monoisotopic (exact) mass is 278 g/mol. The van der Waals surface area contributed by atoms with Gasteiger partial charge in [0.25, 0.3) is 0 Å². The van der Waals surface area contributed by atoms with Crippen molar-refractivity contribution in [3.8, 4) is 5.75 Å². The highest BCUT2D eigenvalue weighted by atomic mass is 16.5. The molecule has 1 aromatic carbocycles. The quantitative estimate of drug-likeness (QED) is 0.793. The summed E-state index contributed by atoms with van der Waals surface area (Å²) in [6.07, 6.45) is 0.482. The van der Waals surface area contributed by atoms with Crippen molar-refractivity contribution < 1.29 is 14.3 Å². The fourth-order valence-corrected chi connectivity index (χ4v) is 2.81. The summed E-state index contributed by atoms with van der Waals surface area (Å²) in [5.41, 5.74) is 5.13. The highest BCUT2D eigenvalue weighted by molar-refractivity contribution is 5.87. The van der Waals surface area contributed by atoms with Crippen LogP contribution in [-0.2, 0) is 15.1 Å². The first kappa shape index (κ1) is 14.8. The standard InChI is InChI=1S/C15H22N2O3/c1-14(2)10-15(13(16)18,17-8-9-19-3)11-6-4-5-7-12(11)20-14/h4-7,17H,8-10H2,1-3H3,(H2,16,18). The SMILES string of the molecule is COCCNC1(C(N)=O)CC(C)(C)Oc2ccccc21. The number of nitrogens with two attached hydrogens (primary N) is 1. The summed E-state index contributed by atoms with van der Waals surface area (Å²) in [6.45, 7) is 4.97. The normalized spacial score (nSPS) is 23.8. The zero-order valence-electron chi connectivity index (χ0n) is 12.2. The summed E-state index contributed by atoms with van der Waals surface area (Å²) in [5.74, 6) is 0.310. The maximum Gasteiger partial charge on any atom is 0.242 e. The Labute approximate surface area is 119 Å². The Morgan fingerprint density at radius 2 is 2.15 bits per heavy atom. The first-order valence-corrected chi connectivity index (χ1v) is 6.74. The number of ether oxygens (including phenoxy) is 2. The van der Waals surface area contributed by atoms with Gasteiger partial charge in [0.1, 0.15) is 16.9 Å². The summed E-state index contributed by atoms with van der Waals surface area (Å²) in [4.78, 5) is 12.2. The Balaban J connectivity index is 2.46. The van der Waals surface area contributed by atoms with Gasteiger partial charge in [-0.25, -0.2) is 0 Å². The highest BCUT2D eigenvalue weighted by Gasteiger charge is 2.48. The molecule has 0 bridgehead atoms. The molecule has 5 nitrogen and oxygen atoms in total. The summed E-state index contributed by atoms with van der Waals surface area (Å²) in [5, 5.41) is 3.27. The van der Waals surface area contributed by atoms with Crippen molar-refractivity contribution in [3.05, 3.63) is 29.8 Å². The first-order valence-electron chi connectivity index (χ1n) is 6.74. The van der Waals surface area contributed by atoms with Crippen molar-refractivity contribution in [3.63, 3.8) is 0 Å². The van der Waals surface area contributed by atoms with Gasteiger partial charge in [0.05, 0.1) is 6.61 Å². The van der Waals surface area contributed by atoms with Crippen molar-refractivity contribution in [1.29, 1.82) is 0 Å². The van der Waals surface area contributed by atoms with Crippen LogP contribution in [0.4, 0.5) is 0 Å². The number of methoxy groups -OCH3 is 1. The van der Waals surface area contributed by atoms with Gasteiger partial charge >= 0.3 is 0 Å². The number of nitrogens with one attached hydrogen (secondary N) is 1. The average molecular weight is 278 g/mol. The van der Waals surface area contributed by atoms with Gasteiger partial charge in [-0.3, -0.25) is 10.1 Å². The van der Waals surface area contributed by atoms with Crippen LogP contribution in [0.25, 0.3) is 0 Å². The lowest BCUT2D eigenvalue weighted by molar-refractivity contribution is -0.128. The lowest BCUT2D eigenvalue weighted by atomic mass is 9.77. The molecule has 1 unspecified atom stereocenters. The lowest BCUT2D eigenvalue weighted by Crippen LogP contribution is -2.59. The molecular formula is C15H22N2O3. The number of benzene rings is 1. The number of rotatable bonds is 5. The minimum absolute atomic E-state index is 0.391. The molecule has 0 radical (unpaired) electrons.